The van der Waals surface area contributed by atoms with Crippen LogP contribution in [0.1, 0.15) is 12.5 Å². The minimum Gasteiger partial charge on any atom is -0.495 e. The number of methoxy groups -OCH3 is 1. The van der Waals surface area contributed by atoms with E-state index in [9.17, 15) is 22.8 Å². The van der Waals surface area contributed by atoms with Crippen LogP contribution in [0.2, 0.25) is 5.02 Å². The van der Waals surface area contributed by atoms with Crippen LogP contribution in [0.25, 0.3) is 0 Å². The Morgan fingerprint density at radius 1 is 1.07 bits per heavy atom. The number of halogens is 4. The molecule has 0 unspecified atom stereocenters. The number of amides is 2. The summed E-state index contributed by atoms with van der Waals surface area (Å²) >= 11 is 5.62. The number of anilines is 3. The summed E-state index contributed by atoms with van der Waals surface area (Å²) in [6, 6.07) is 7.80. The van der Waals surface area contributed by atoms with E-state index < -0.39 is 23.3 Å². The van der Waals surface area contributed by atoms with E-state index in [1.54, 1.807) is 12.1 Å². The Balaban J connectivity index is 2.12. The molecule has 0 atom stereocenters. The van der Waals surface area contributed by atoms with E-state index >= 15 is 0 Å². The topological polar surface area (TPSA) is 79.5 Å². The first-order valence-electron chi connectivity index (χ1n) is 7.96. The molecule has 0 aliphatic carbocycles. The standard InChI is InChI=1S/C18H17ClF3N3O3/c1-10(26)24-12-4-6-16(28-2)15(8-12)23-9-17(27)25-14-5-3-11(19)7-13(14)18(20,21)22/h3-8,23H,9H2,1-2H3,(H,24,26)(H,25,27). The fourth-order valence-electron chi connectivity index (χ4n) is 2.36. The summed E-state index contributed by atoms with van der Waals surface area (Å²) < 4.78 is 44.5. The van der Waals surface area contributed by atoms with Crippen molar-refractivity contribution in [1.29, 1.82) is 0 Å². The molecule has 0 aliphatic heterocycles. The van der Waals surface area contributed by atoms with E-state index in [0.717, 1.165) is 12.1 Å². The lowest BCUT2D eigenvalue weighted by molar-refractivity contribution is -0.137. The third-order valence-electron chi connectivity index (χ3n) is 3.52. The minimum absolute atomic E-state index is 0.0945. The molecule has 0 aliphatic rings. The molecule has 150 valence electrons. The van der Waals surface area contributed by atoms with E-state index in [0.29, 0.717) is 17.1 Å². The van der Waals surface area contributed by atoms with Gasteiger partial charge in [-0.15, -0.1) is 0 Å². The summed E-state index contributed by atoms with van der Waals surface area (Å²) in [7, 11) is 1.42. The first-order valence-corrected chi connectivity index (χ1v) is 8.34. The number of hydrogen-bond donors (Lipinski definition) is 3. The van der Waals surface area contributed by atoms with Gasteiger partial charge in [0, 0.05) is 17.6 Å². The second kappa shape index (κ2) is 8.83. The maximum Gasteiger partial charge on any atom is 0.418 e. The molecule has 0 aromatic heterocycles. The predicted molar refractivity (Wildman–Crippen MR) is 101 cm³/mol. The van der Waals surface area contributed by atoms with Crippen molar-refractivity contribution in [1.82, 2.24) is 0 Å². The summed E-state index contributed by atoms with van der Waals surface area (Å²) in [6.45, 7) is 1.01. The summed E-state index contributed by atoms with van der Waals surface area (Å²) in [4.78, 5) is 23.3. The van der Waals surface area contributed by atoms with E-state index in [1.165, 1.54) is 26.2 Å². The van der Waals surface area contributed by atoms with Crippen molar-refractivity contribution in [3.8, 4) is 5.75 Å². The van der Waals surface area contributed by atoms with Gasteiger partial charge in [0.05, 0.1) is 30.6 Å². The molecular weight excluding hydrogens is 399 g/mol. The number of ether oxygens (including phenoxy) is 1. The highest BCUT2D eigenvalue weighted by atomic mass is 35.5. The summed E-state index contributed by atoms with van der Waals surface area (Å²) in [6.07, 6.45) is -4.67. The zero-order chi connectivity index (χ0) is 20.9. The predicted octanol–water partition coefficient (Wildman–Crippen LogP) is 4.38. The van der Waals surface area contributed by atoms with Crippen molar-refractivity contribution in [3.05, 3.63) is 47.0 Å². The van der Waals surface area contributed by atoms with Crippen molar-refractivity contribution < 1.29 is 27.5 Å². The Kier molecular flexibility index (Phi) is 6.74. The maximum atomic E-state index is 13.1. The van der Waals surface area contributed by atoms with Crippen molar-refractivity contribution in [2.75, 3.05) is 29.6 Å². The second-order valence-electron chi connectivity index (χ2n) is 5.69. The summed E-state index contributed by atoms with van der Waals surface area (Å²) in [5.74, 6) is -0.597. The largest absolute Gasteiger partial charge is 0.495 e. The average Bonchev–Trinajstić information content (AvgIpc) is 2.60. The van der Waals surface area contributed by atoms with Crippen LogP contribution in [0.3, 0.4) is 0 Å². The molecule has 0 heterocycles. The molecule has 2 aromatic rings. The van der Waals surface area contributed by atoms with Gasteiger partial charge in [-0.3, -0.25) is 9.59 Å². The van der Waals surface area contributed by atoms with Crippen LogP contribution in [0.4, 0.5) is 30.2 Å². The minimum atomic E-state index is -4.67. The molecule has 0 spiro atoms. The van der Waals surface area contributed by atoms with Crippen LogP contribution < -0.4 is 20.7 Å². The van der Waals surface area contributed by atoms with Crippen LogP contribution in [0.15, 0.2) is 36.4 Å². The Bertz CT molecular complexity index is 888. The van der Waals surface area contributed by atoms with Crippen LogP contribution in [0, 0.1) is 0 Å². The molecule has 3 N–H and O–H groups in total. The Labute approximate surface area is 164 Å². The molecule has 2 rings (SSSR count). The Morgan fingerprint density at radius 3 is 2.39 bits per heavy atom. The van der Waals surface area contributed by atoms with Gasteiger partial charge in [0.15, 0.2) is 0 Å². The fourth-order valence-corrected chi connectivity index (χ4v) is 2.53. The summed E-state index contributed by atoms with van der Waals surface area (Å²) in [5.41, 5.74) is -0.592. The van der Waals surface area contributed by atoms with Gasteiger partial charge >= 0.3 is 6.18 Å². The van der Waals surface area contributed by atoms with Gasteiger partial charge in [-0.05, 0) is 36.4 Å². The van der Waals surface area contributed by atoms with Gasteiger partial charge < -0.3 is 20.7 Å². The molecule has 2 amide bonds. The third kappa shape index (κ3) is 5.78. The van der Waals surface area contributed by atoms with Crippen molar-refractivity contribution in [2.45, 2.75) is 13.1 Å². The lowest BCUT2D eigenvalue weighted by Crippen LogP contribution is -2.23. The quantitative estimate of drug-likeness (QED) is 0.654. The Morgan fingerprint density at radius 2 is 1.79 bits per heavy atom. The first-order chi connectivity index (χ1) is 13.1. The third-order valence-corrected chi connectivity index (χ3v) is 3.76. The normalized spacial score (nSPS) is 10.9. The molecule has 0 saturated heterocycles. The van der Waals surface area contributed by atoms with Gasteiger partial charge in [-0.25, -0.2) is 0 Å². The van der Waals surface area contributed by atoms with E-state index in [1.807, 2.05) is 0 Å². The van der Waals surface area contributed by atoms with Gasteiger partial charge in [0.25, 0.3) is 0 Å². The van der Waals surface area contributed by atoms with Crippen LogP contribution in [-0.4, -0.2) is 25.5 Å². The van der Waals surface area contributed by atoms with E-state index in [-0.39, 0.29) is 17.5 Å². The number of alkyl halides is 3. The Hall–Kier alpha value is -2.94. The van der Waals surface area contributed by atoms with Crippen molar-refractivity contribution >= 4 is 40.5 Å². The highest BCUT2D eigenvalue weighted by molar-refractivity contribution is 6.30. The van der Waals surface area contributed by atoms with E-state index in [2.05, 4.69) is 16.0 Å². The van der Waals surface area contributed by atoms with Gasteiger partial charge in [0.2, 0.25) is 11.8 Å². The monoisotopic (exact) mass is 415 g/mol. The number of rotatable bonds is 6. The molecule has 2 aromatic carbocycles. The number of nitrogens with one attached hydrogen (secondary N) is 3. The van der Waals surface area contributed by atoms with Crippen LogP contribution in [-0.2, 0) is 15.8 Å². The number of carbonyl (C=O) groups is 2. The fraction of sp³-hybridized carbons (Fsp3) is 0.222. The zero-order valence-corrected chi connectivity index (χ0v) is 15.7. The average molecular weight is 416 g/mol. The summed E-state index contributed by atoms with van der Waals surface area (Å²) in [5, 5.41) is 7.47. The lowest BCUT2D eigenvalue weighted by atomic mass is 10.1. The van der Waals surface area contributed by atoms with Crippen molar-refractivity contribution in [2.24, 2.45) is 0 Å². The SMILES string of the molecule is COc1ccc(NC(C)=O)cc1NCC(=O)Nc1ccc(Cl)cc1C(F)(F)F. The molecule has 0 fully saturated rings. The van der Waals surface area contributed by atoms with Gasteiger partial charge in [-0.2, -0.15) is 13.2 Å². The molecule has 10 heteroatoms. The highest BCUT2D eigenvalue weighted by Gasteiger charge is 2.34. The molecule has 0 bridgehead atoms. The molecule has 28 heavy (non-hydrogen) atoms. The molecule has 0 radical (unpaired) electrons. The first kappa shape index (κ1) is 21.4. The van der Waals surface area contributed by atoms with E-state index in [4.69, 9.17) is 16.3 Å². The van der Waals surface area contributed by atoms with Crippen LogP contribution in [0.5, 0.6) is 5.75 Å². The second-order valence-corrected chi connectivity index (χ2v) is 6.12. The molecular formula is C18H17ClF3N3O3. The molecule has 0 saturated carbocycles. The van der Waals surface area contributed by atoms with Gasteiger partial charge in [0.1, 0.15) is 5.75 Å². The van der Waals surface area contributed by atoms with Gasteiger partial charge in [-0.1, -0.05) is 11.6 Å². The lowest BCUT2D eigenvalue weighted by Gasteiger charge is -2.16. The number of hydrogen-bond acceptors (Lipinski definition) is 4. The number of benzene rings is 2. The number of carbonyl (C=O) groups excluding carboxylic acids is 2. The highest BCUT2D eigenvalue weighted by Crippen LogP contribution is 2.36. The maximum absolute atomic E-state index is 13.1. The van der Waals surface area contributed by atoms with Crippen molar-refractivity contribution in [3.63, 3.8) is 0 Å². The smallest absolute Gasteiger partial charge is 0.418 e. The van der Waals surface area contributed by atoms with Crippen LogP contribution >= 0.6 is 11.6 Å². The zero-order valence-electron chi connectivity index (χ0n) is 14.9. The molecule has 6 nitrogen and oxygen atoms in total.